The quantitative estimate of drug-likeness (QED) is 0.596. The monoisotopic (exact) mass is 476 g/mol. The first kappa shape index (κ1) is 24.0. The molecule has 3 heterocycles. The summed E-state index contributed by atoms with van der Waals surface area (Å²) in [6.07, 6.45) is 14.4. The normalized spacial score (nSPS) is 22.3. The zero-order valence-electron chi connectivity index (χ0n) is 21.1. The van der Waals surface area contributed by atoms with Gasteiger partial charge in [0.1, 0.15) is 5.82 Å². The number of hydrogen-bond donors (Lipinski definition) is 2. The Balaban J connectivity index is 1.16. The van der Waals surface area contributed by atoms with Gasteiger partial charge in [0.25, 0.3) is 0 Å². The summed E-state index contributed by atoms with van der Waals surface area (Å²) in [6, 6.07) is 9.93. The van der Waals surface area contributed by atoms with Crippen LogP contribution in [0.4, 0.5) is 17.3 Å². The average Bonchev–Trinajstić information content (AvgIpc) is 3.45. The third kappa shape index (κ3) is 6.13. The van der Waals surface area contributed by atoms with Gasteiger partial charge in [-0.25, -0.2) is 4.98 Å². The van der Waals surface area contributed by atoms with Crippen LogP contribution in [0.5, 0.6) is 0 Å². The summed E-state index contributed by atoms with van der Waals surface area (Å²) < 4.78 is 0. The van der Waals surface area contributed by atoms with Crippen molar-refractivity contribution >= 4 is 23.2 Å². The number of hydrogen-bond acceptors (Lipinski definition) is 6. The highest BCUT2D eigenvalue weighted by Gasteiger charge is 2.27. The van der Waals surface area contributed by atoms with Gasteiger partial charge in [-0.2, -0.15) is 0 Å². The number of carbonyl (C=O) groups is 1. The van der Waals surface area contributed by atoms with E-state index in [9.17, 15) is 4.79 Å². The Hall–Kier alpha value is -2.67. The van der Waals surface area contributed by atoms with E-state index in [1.54, 1.807) is 6.20 Å². The molecule has 2 aliphatic heterocycles. The lowest BCUT2D eigenvalue weighted by molar-refractivity contribution is -0.121. The molecule has 35 heavy (non-hydrogen) atoms. The van der Waals surface area contributed by atoms with E-state index < -0.39 is 0 Å². The van der Waals surface area contributed by atoms with Crippen LogP contribution in [-0.4, -0.2) is 59.0 Å². The van der Waals surface area contributed by atoms with Crippen molar-refractivity contribution in [3.05, 3.63) is 42.2 Å². The Kier molecular flexibility index (Phi) is 7.82. The summed E-state index contributed by atoms with van der Waals surface area (Å²) in [4.78, 5) is 26.0. The van der Waals surface area contributed by atoms with E-state index in [0.29, 0.717) is 12.3 Å². The van der Waals surface area contributed by atoms with Crippen LogP contribution in [0.3, 0.4) is 0 Å². The molecule has 0 spiro atoms. The molecule has 1 aromatic carbocycles. The largest absolute Gasteiger partial charge is 0.353 e. The molecule has 2 aromatic rings. The Morgan fingerprint density at radius 1 is 0.971 bits per heavy atom. The van der Waals surface area contributed by atoms with Crippen molar-refractivity contribution in [2.45, 2.75) is 82.7 Å². The van der Waals surface area contributed by atoms with Crippen LogP contribution >= 0.6 is 0 Å². The maximum atomic E-state index is 11.8. The molecule has 1 atom stereocenters. The molecule has 0 radical (unpaired) electrons. The standard InChI is InChI=1S/C28H40N6O/c1-2-28(35)31-24-6-5-15-34(20-24)27-19-29-18-26(32-27)30-23-11-9-21(10-12-23)22-13-16-33(17-14-22)25-7-3-4-8-25/h9-12,18-19,22,24-25H,2-8,13-17,20H2,1H3,(H,30,32)(H,31,35)/t24-/m1/s1. The van der Waals surface area contributed by atoms with Gasteiger partial charge >= 0.3 is 0 Å². The third-order valence-corrected chi connectivity index (χ3v) is 8.08. The topological polar surface area (TPSA) is 73.4 Å². The van der Waals surface area contributed by atoms with Crippen molar-refractivity contribution in [3.63, 3.8) is 0 Å². The highest BCUT2D eigenvalue weighted by atomic mass is 16.1. The summed E-state index contributed by atoms with van der Waals surface area (Å²) >= 11 is 0. The number of benzene rings is 1. The minimum atomic E-state index is 0.112. The maximum Gasteiger partial charge on any atom is 0.219 e. The zero-order chi connectivity index (χ0) is 24.0. The van der Waals surface area contributed by atoms with Crippen molar-refractivity contribution in [2.75, 3.05) is 36.4 Å². The Morgan fingerprint density at radius 2 is 1.74 bits per heavy atom. The molecule has 188 valence electrons. The van der Waals surface area contributed by atoms with Gasteiger partial charge in [0, 0.05) is 37.3 Å². The van der Waals surface area contributed by atoms with Crippen LogP contribution in [-0.2, 0) is 4.79 Å². The van der Waals surface area contributed by atoms with E-state index in [-0.39, 0.29) is 11.9 Å². The number of nitrogens with zero attached hydrogens (tertiary/aromatic N) is 4. The number of aromatic nitrogens is 2. The van der Waals surface area contributed by atoms with Crippen molar-refractivity contribution < 1.29 is 4.79 Å². The second-order valence-electron chi connectivity index (χ2n) is 10.5. The van der Waals surface area contributed by atoms with Gasteiger partial charge in [0.2, 0.25) is 5.91 Å². The third-order valence-electron chi connectivity index (χ3n) is 8.08. The Labute approximate surface area is 209 Å². The van der Waals surface area contributed by atoms with E-state index in [4.69, 9.17) is 4.98 Å². The molecule has 7 nitrogen and oxygen atoms in total. The van der Waals surface area contributed by atoms with Crippen LogP contribution in [0.2, 0.25) is 0 Å². The number of nitrogens with one attached hydrogen (secondary N) is 2. The molecule has 5 rings (SSSR count). The predicted molar refractivity (Wildman–Crippen MR) is 141 cm³/mol. The van der Waals surface area contributed by atoms with Gasteiger partial charge in [0.15, 0.2) is 5.82 Å². The average molecular weight is 477 g/mol. The first-order valence-electron chi connectivity index (χ1n) is 13.7. The molecule has 3 fully saturated rings. The predicted octanol–water partition coefficient (Wildman–Crippen LogP) is 4.84. The van der Waals surface area contributed by atoms with Gasteiger partial charge in [-0.3, -0.25) is 9.78 Å². The minimum Gasteiger partial charge on any atom is -0.353 e. The van der Waals surface area contributed by atoms with Gasteiger partial charge < -0.3 is 20.4 Å². The van der Waals surface area contributed by atoms with Crippen molar-refractivity contribution in [1.82, 2.24) is 20.2 Å². The fourth-order valence-corrected chi connectivity index (χ4v) is 6.05. The lowest BCUT2D eigenvalue weighted by Crippen LogP contribution is -2.48. The first-order chi connectivity index (χ1) is 17.2. The number of amides is 1. The first-order valence-corrected chi connectivity index (χ1v) is 13.7. The summed E-state index contributed by atoms with van der Waals surface area (Å²) in [7, 11) is 0. The minimum absolute atomic E-state index is 0.112. The molecule has 1 aromatic heterocycles. The van der Waals surface area contributed by atoms with Crippen LogP contribution in [0.1, 0.15) is 76.2 Å². The smallest absolute Gasteiger partial charge is 0.219 e. The van der Waals surface area contributed by atoms with Crippen molar-refractivity contribution in [3.8, 4) is 0 Å². The number of anilines is 3. The molecule has 7 heteroatoms. The number of likely N-dealkylation sites (tertiary alicyclic amines) is 1. The molecule has 2 saturated heterocycles. The van der Waals surface area contributed by atoms with Gasteiger partial charge in [-0.05, 0) is 75.2 Å². The Bertz CT molecular complexity index is 966. The highest BCUT2D eigenvalue weighted by Crippen LogP contribution is 2.33. The van der Waals surface area contributed by atoms with Gasteiger partial charge in [-0.1, -0.05) is 31.9 Å². The van der Waals surface area contributed by atoms with Gasteiger partial charge in [-0.15, -0.1) is 0 Å². The molecule has 1 amide bonds. The van der Waals surface area contributed by atoms with Crippen LogP contribution in [0, 0.1) is 0 Å². The SMILES string of the molecule is CCC(=O)N[C@@H]1CCCN(c2cncc(Nc3ccc(C4CCN(C5CCCC5)CC4)cc3)n2)C1. The van der Waals surface area contributed by atoms with Crippen LogP contribution in [0.25, 0.3) is 0 Å². The fourth-order valence-electron chi connectivity index (χ4n) is 6.05. The van der Waals surface area contributed by atoms with E-state index >= 15 is 0 Å². The summed E-state index contributed by atoms with van der Waals surface area (Å²) in [6.45, 7) is 6.10. The molecule has 0 unspecified atom stereocenters. The van der Waals surface area contributed by atoms with E-state index in [0.717, 1.165) is 49.3 Å². The number of carbonyl (C=O) groups excluding carboxylic acids is 1. The highest BCUT2D eigenvalue weighted by molar-refractivity contribution is 5.76. The number of rotatable bonds is 7. The van der Waals surface area contributed by atoms with Crippen molar-refractivity contribution in [1.29, 1.82) is 0 Å². The Morgan fingerprint density at radius 3 is 2.49 bits per heavy atom. The molecule has 3 aliphatic rings. The van der Waals surface area contributed by atoms with Crippen LogP contribution < -0.4 is 15.5 Å². The molecule has 1 aliphatic carbocycles. The number of piperidine rings is 2. The second-order valence-corrected chi connectivity index (χ2v) is 10.5. The lowest BCUT2D eigenvalue weighted by Gasteiger charge is -2.36. The molecule has 1 saturated carbocycles. The molecule has 0 bridgehead atoms. The fraction of sp³-hybridized carbons (Fsp3) is 0.607. The van der Waals surface area contributed by atoms with E-state index in [2.05, 4.69) is 49.7 Å². The molecule has 2 N–H and O–H groups in total. The molecular formula is C28H40N6O. The van der Waals surface area contributed by atoms with Crippen molar-refractivity contribution in [2.24, 2.45) is 0 Å². The molecular weight excluding hydrogens is 436 g/mol. The van der Waals surface area contributed by atoms with Crippen LogP contribution in [0.15, 0.2) is 36.7 Å². The van der Waals surface area contributed by atoms with E-state index in [1.807, 2.05) is 13.1 Å². The summed E-state index contributed by atoms with van der Waals surface area (Å²) in [5.74, 6) is 2.39. The maximum absolute atomic E-state index is 11.8. The zero-order valence-corrected chi connectivity index (χ0v) is 21.1. The summed E-state index contributed by atoms with van der Waals surface area (Å²) in [5, 5.41) is 6.56. The lowest BCUT2D eigenvalue weighted by atomic mass is 9.88. The summed E-state index contributed by atoms with van der Waals surface area (Å²) in [5.41, 5.74) is 2.49. The second kappa shape index (κ2) is 11.4. The van der Waals surface area contributed by atoms with E-state index in [1.165, 1.54) is 57.2 Å². The van der Waals surface area contributed by atoms with Gasteiger partial charge in [0.05, 0.1) is 12.4 Å².